The Morgan fingerprint density at radius 3 is 1.43 bits per heavy atom. The zero-order valence-electron chi connectivity index (χ0n) is 17.4. The fourth-order valence-electron chi connectivity index (χ4n) is 3.40. The van der Waals surface area contributed by atoms with E-state index in [-0.39, 0.29) is 0 Å². The zero-order valence-corrected chi connectivity index (χ0v) is 17.4. The van der Waals surface area contributed by atoms with Gasteiger partial charge in [-0.05, 0) is 61.9 Å². The van der Waals surface area contributed by atoms with E-state index in [0.717, 1.165) is 11.8 Å². The van der Waals surface area contributed by atoms with Crippen molar-refractivity contribution in [3.8, 4) is 0 Å². The van der Waals surface area contributed by atoms with Crippen LogP contribution < -0.4 is 0 Å². The Morgan fingerprint density at radius 1 is 0.739 bits per heavy atom. The molecule has 138 valence electrons. The highest BCUT2D eigenvalue weighted by molar-refractivity contribution is 4.80. The smallest absolute Gasteiger partial charge is 0.00219 e. The summed E-state index contributed by atoms with van der Waals surface area (Å²) in [6, 6.07) is 0. The molecule has 0 aromatic rings. The summed E-state index contributed by atoms with van der Waals surface area (Å²) in [7, 11) is 2.20. The molecule has 0 radical (unpaired) electrons. The maximum atomic E-state index is 2.52. The van der Waals surface area contributed by atoms with E-state index in [9.17, 15) is 0 Å². The highest BCUT2D eigenvalue weighted by Gasteiger charge is 2.26. The second kappa shape index (κ2) is 8.85. The first-order valence-corrected chi connectivity index (χ1v) is 9.89. The van der Waals surface area contributed by atoms with Gasteiger partial charge in [-0.2, -0.15) is 0 Å². The van der Waals surface area contributed by atoms with Gasteiger partial charge >= 0.3 is 0 Å². The first kappa shape index (κ1) is 21.0. The van der Waals surface area contributed by atoms with Crippen molar-refractivity contribution in [2.75, 3.05) is 39.8 Å². The fraction of sp³-hybridized carbons (Fsp3) is 1.00. The van der Waals surface area contributed by atoms with Gasteiger partial charge in [0, 0.05) is 26.2 Å². The van der Waals surface area contributed by atoms with E-state index in [4.69, 9.17) is 0 Å². The average Bonchev–Trinajstić information content (AvgIpc) is 2.30. The molecule has 0 saturated carbocycles. The maximum absolute atomic E-state index is 2.52. The molecule has 23 heavy (non-hydrogen) atoms. The third kappa shape index (κ3) is 9.72. The van der Waals surface area contributed by atoms with Crippen LogP contribution in [-0.4, -0.2) is 49.6 Å². The molecule has 2 aliphatic rings. The summed E-state index contributed by atoms with van der Waals surface area (Å²) in [4.78, 5) is 4.92. The van der Waals surface area contributed by atoms with Gasteiger partial charge in [-0.1, -0.05) is 48.5 Å². The molecule has 2 fully saturated rings. The molecule has 0 aromatic heterocycles. The van der Waals surface area contributed by atoms with Gasteiger partial charge < -0.3 is 9.80 Å². The standard InChI is InChI=1S/C11H23N.C10H21N/c1-5-12-8-10(9-12)6-7-11(2,3)4;1-10(2,3)6-5-9-7-11(4)8-9/h10H,5-9H2,1-4H3;9H,5-8H2,1-4H3. The van der Waals surface area contributed by atoms with E-state index in [1.54, 1.807) is 0 Å². The van der Waals surface area contributed by atoms with Gasteiger partial charge in [0.2, 0.25) is 0 Å². The van der Waals surface area contributed by atoms with E-state index in [1.807, 2.05) is 0 Å². The molecule has 0 unspecified atom stereocenters. The SMILES string of the molecule is CCN1CC(CCC(C)(C)C)C1.CN1CC(CCC(C)(C)C)C1. The Labute approximate surface area is 147 Å². The predicted molar refractivity (Wildman–Crippen MR) is 104 cm³/mol. The predicted octanol–water partition coefficient (Wildman–Crippen LogP) is 5.14. The van der Waals surface area contributed by atoms with Crippen LogP contribution in [0.2, 0.25) is 0 Å². The molecule has 0 atom stereocenters. The first-order chi connectivity index (χ1) is 10.5. The van der Waals surface area contributed by atoms with Crippen LogP contribution in [0.4, 0.5) is 0 Å². The molecule has 0 aromatic carbocycles. The Balaban J connectivity index is 0.000000231. The summed E-state index contributed by atoms with van der Waals surface area (Å²) >= 11 is 0. The van der Waals surface area contributed by atoms with Gasteiger partial charge in [-0.15, -0.1) is 0 Å². The Morgan fingerprint density at radius 2 is 1.13 bits per heavy atom. The molecular formula is C21H44N2. The highest BCUT2D eigenvalue weighted by atomic mass is 15.2. The lowest BCUT2D eigenvalue weighted by atomic mass is 9.84. The van der Waals surface area contributed by atoms with Crippen LogP contribution in [0.15, 0.2) is 0 Å². The van der Waals surface area contributed by atoms with Crippen molar-refractivity contribution in [2.24, 2.45) is 22.7 Å². The van der Waals surface area contributed by atoms with Crippen LogP contribution in [0.5, 0.6) is 0 Å². The van der Waals surface area contributed by atoms with Gasteiger partial charge in [0.05, 0.1) is 0 Å². The molecule has 2 heteroatoms. The Hall–Kier alpha value is -0.0800. The van der Waals surface area contributed by atoms with Gasteiger partial charge in [-0.25, -0.2) is 0 Å². The maximum Gasteiger partial charge on any atom is 0.00219 e. The van der Waals surface area contributed by atoms with Gasteiger partial charge in [-0.3, -0.25) is 0 Å². The molecule has 0 aliphatic carbocycles. The molecule has 0 spiro atoms. The van der Waals surface area contributed by atoms with E-state index in [2.05, 4.69) is 65.3 Å². The number of hydrogen-bond donors (Lipinski definition) is 0. The van der Waals surface area contributed by atoms with Crippen molar-refractivity contribution in [3.05, 3.63) is 0 Å². The van der Waals surface area contributed by atoms with E-state index >= 15 is 0 Å². The van der Waals surface area contributed by atoms with Crippen molar-refractivity contribution < 1.29 is 0 Å². The normalized spacial score (nSPS) is 21.4. The summed E-state index contributed by atoms with van der Waals surface area (Å²) in [6.45, 7) is 22.9. The van der Waals surface area contributed by atoms with Crippen molar-refractivity contribution >= 4 is 0 Å². The lowest BCUT2D eigenvalue weighted by molar-refractivity contribution is 0.0913. The summed E-state index contributed by atoms with van der Waals surface area (Å²) in [5.41, 5.74) is 1.07. The summed E-state index contributed by atoms with van der Waals surface area (Å²) in [6.07, 6.45) is 5.62. The van der Waals surface area contributed by atoms with E-state index in [1.165, 1.54) is 58.4 Å². The molecule has 0 bridgehead atoms. The molecule has 2 saturated heterocycles. The number of likely N-dealkylation sites (tertiary alicyclic amines) is 2. The number of hydrogen-bond acceptors (Lipinski definition) is 2. The lowest BCUT2D eigenvalue weighted by Crippen LogP contribution is -2.46. The van der Waals surface area contributed by atoms with Crippen LogP contribution in [-0.2, 0) is 0 Å². The van der Waals surface area contributed by atoms with Gasteiger partial charge in [0.1, 0.15) is 0 Å². The molecule has 2 heterocycles. The Bertz CT molecular complexity index is 312. The monoisotopic (exact) mass is 324 g/mol. The second-order valence-corrected chi connectivity index (χ2v) is 10.5. The summed E-state index contributed by atoms with van der Waals surface area (Å²) in [5, 5.41) is 0. The van der Waals surface area contributed by atoms with Crippen LogP contribution in [0.1, 0.15) is 74.1 Å². The van der Waals surface area contributed by atoms with Crippen molar-refractivity contribution in [1.29, 1.82) is 0 Å². The average molecular weight is 325 g/mol. The summed E-state index contributed by atoms with van der Waals surface area (Å²) < 4.78 is 0. The van der Waals surface area contributed by atoms with E-state index < -0.39 is 0 Å². The second-order valence-electron chi connectivity index (χ2n) is 10.5. The van der Waals surface area contributed by atoms with Gasteiger partial charge in [0.25, 0.3) is 0 Å². The minimum Gasteiger partial charge on any atom is -0.306 e. The topological polar surface area (TPSA) is 6.48 Å². The first-order valence-electron chi connectivity index (χ1n) is 9.89. The molecule has 2 nitrogen and oxygen atoms in total. The molecule has 0 amide bonds. The number of nitrogens with zero attached hydrogens (tertiary/aromatic N) is 2. The summed E-state index contributed by atoms with van der Waals surface area (Å²) in [5.74, 6) is 2.00. The van der Waals surface area contributed by atoms with Gasteiger partial charge in [0.15, 0.2) is 0 Å². The minimum absolute atomic E-state index is 0.534. The third-order valence-corrected chi connectivity index (χ3v) is 5.22. The minimum atomic E-state index is 0.534. The van der Waals surface area contributed by atoms with Crippen LogP contribution in [0.3, 0.4) is 0 Å². The van der Waals surface area contributed by atoms with Crippen molar-refractivity contribution in [3.63, 3.8) is 0 Å². The molecule has 0 N–H and O–H groups in total. The zero-order chi connectivity index (χ0) is 17.7. The number of rotatable bonds is 5. The molecular weight excluding hydrogens is 280 g/mol. The van der Waals surface area contributed by atoms with Crippen LogP contribution in [0.25, 0.3) is 0 Å². The Kier molecular flexibility index (Phi) is 8.07. The van der Waals surface area contributed by atoms with Crippen molar-refractivity contribution in [2.45, 2.75) is 74.1 Å². The van der Waals surface area contributed by atoms with E-state index in [0.29, 0.717) is 10.8 Å². The molecule has 2 rings (SSSR count). The largest absolute Gasteiger partial charge is 0.306 e. The van der Waals surface area contributed by atoms with Crippen LogP contribution in [0, 0.1) is 22.7 Å². The van der Waals surface area contributed by atoms with Crippen LogP contribution >= 0.6 is 0 Å². The highest BCUT2D eigenvalue weighted by Crippen LogP contribution is 2.28. The lowest BCUT2D eigenvalue weighted by Gasteiger charge is -2.39. The fourth-order valence-corrected chi connectivity index (χ4v) is 3.40. The quantitative estimate of drug-likeness (QED) is 0.691. The molecule has 2 aliphatic heterocycles. The third-order valence-electron chi connectivity index (χ3n) is 5.22. The van der Waals surface area contributed by atoms with Crippen molar-refractivity contribution in [1.82, 2.24) is 9.80 Å².